The molecule has 1 fully saturated rings. The summed E-state index contributed by atoms with van der Waals surface area (Å²) in [4.78, 5) is 0.101. The third-order valence-corrected chi connectivity index (χ3v) is 5.08. The van der Waals surface area contributed by atoms with E-state index >= 15 is 0 Å². The van der Waals surface area contributed by atoms with Crippen LogP contribution in [0.5, 0.6) is 0 Å². The van der Waals surface area contributed by atoms with Crippen molar-refractivity contribution in [2.75, 3.05) is 13.1 Å². The van der Waals surface area contributed by atoms with Gasteiger partial charge in [0.1, 0.15) is 5.82 Å². The maximum atomic E-state index is 12.8. The lowest BCUT2D eigenvalue weighted by molar-refractivity contribution is 0.320. The largest absolute Gasteiger partial charge is 0.316 e. The molecule has 0 aliphatic carbocycles. The Hall–Kier alpha value is -0.690. The first kappa shape index (κ1) is 17.4. The predicted molar refractivity (Wildman–Crippen MR) is 79.0 cm³/mol. The van der Waals surface area contributed by atoms with E-state index in [0.717, 1.165) is 38.1 Å². The summed E-state index contributed by atoms with van der Waals surface area (Å²) in [5.74, 6) is -0.146. The molecule has 2 rings (SSSR count). The van der Waals surface area contributed by atoms with Crippen LogP contribution in [0.2, 0.25) is 0 Å². The van der Waals surface area contributed by atoms with Gasteiger partial charge in [0.25, 0.3) is 0 Å². The molecule has 0 amide bonds. The van der Waals surface area contributed by atoms with E-state index in [1.54, 1.807) is 0 Å². The van der Waals surface area contributed by atoms with Gasteiger partial charge >= 0.3 is 0 Å². The van der Waals surface area contributed by atoms with Crippen LogP contribution in [0.1, 0.15) is 19.8 Å². The zero-order valence-corrected chi connectivity index (χ0v) is 12.9. The monoisotopic (exact) mass is 322 g/mol. The van der Waals surface area contributed by atoms with Crippen molar-refractivity contribution < 1.29 is 12.8 Å². The molecule has 4 nitrogen and oxygen atoms in total. The van der Waals surface area contributed by atoms with Gasteiger partial charge in [0.15, 0.2) is 0 Å². The molecule has 1 aromatic carbocycles. The molecule has 2 unspecified atom stereocenters. The van der Waals surface area contributed by atoms with Gasteiger partial charge in [-0.25, -0.2) is 17.5 Å². The van der Waals surface area contributed by atoms with Gasteiger partial charge in [-0.3, -0.25) is 0 Å². The molecule has 0 bridgehead atoms. The first-order valence-corrected chi connectivity index (χ1v) is 7.96. The summed E-state index contributed by atoms with van der Waals surface area (Å²) in [6, 6.07) is 4.73. The van der Waals surface area contributed by atoms with Crippen LogP contribution in [0.15, 0.2) is 29.2 Å². The number of halogens is 2. The smallest absolute Gasteiger partial charge is 0.240 e. The van der Waals surface area contributed by atoms with E-state index in [0.29, 0.717) is 5.92 Å². The highest BCUT2D eigenvalue weighted by molar-refractivity contribution is 7.89. The molecule has 0 aromatic heterocycles. The van der Waals surface area contributed by atoms with Crippen LogP contribution < -0.4 is 10.0 Å². The minimum Gasteiger partial charge on any atom is -0.316 e. The summed E-state index contributed by atoms with van der Waals surface area (Å²) in [5, 5.41) is 3.26. The van der Waals surface area contributed by atoms with Crippen molar-refractivity contribution in [3.8, 4) is 0 Å². The van der Waals surface area contributed by atoms with E-state index in [2.05, 4.69) is 10.0 Å². The summed E-state index contributed by atoms with van der Waals surface area (Å²) in [6.45, 7) is 3.69. The number of hydrogen-bond acceptors (Lipinski definition) is 3. The highest BCUT2D eigenvalue weighted by Gasteiger charge is 2.24. The van der Waals surface area contributed by atoms with Gasteiger partial charge in [-0.05, 0) is 63.0 Å². The van der Waals surface area contributed by atoms with E-state index in [9.17, 15) is 12.8 Å². The lowest BCUT2D eigenvalue weighted by Crippen LogP contribution is -2.44. The van der Waals surface area contributed by atoms with Crippen molar-refractivity contribution in [1.29, 1.82) is 0 Å². The average molecular weight is 323 g/mol. The van der Waals surface area contributed by atoms with E-state index in [1.807, 2.05) is 6.92 Å². The molecular weight excluding hydrogens is 303 g/mol. The molecular formula is C13H20ClFN2O2S. The van der Waals surface area contributed by atoms with Gasteiger partial charge in [-0.15, -0.1) is 12.4 Å². The Bertz CT molecular complexity index is 516. The van der Waals surface area contributed by atoms with Crippen LogP contribution in [-0.4, -0.2) is 27.5 Å². The van der Waals surface area contributed by atoms with E-state index in [4.69, 9.17) is 0 Å². The van der Waals surface area contributed by atoms with Crippen molar-refractivity contribution >= 4 is 22.4 Å². The van der Waals surface area contributed by atoms with E-state index < -0.39 is 15.8 Å². The molecule has 20 heavy (non-hydrogen) atoms. The fraction of sp³-hybridized carbons (Fsp3) is 0.538. The maximum Gasteiger partial charge on any atom is 0.240 e. The molecule has 114 valence electrons. The Balaban J connectivity index is 0.00000200. The lowest BCUT2D eigenvalue weighted by Gasteiger charge is -2.28. The highest BCUT2D eigenvalue weighted by atomic mass is 35.5. The van der Waals surface area contributed by atoms with Crippen LogP contribution in [0.25, 0.3) is 0 Å². The average Bonchev–Trinajstić information content (AvgIpc) is 2.40. The molecule has 0 saturated carbocycles. The molecule has 1 aliphatic rings. The number of hydrogen-bond donors (Lipinski definition) is 2. The minimum absolute atomic E-state index is 0. The van der Waals surface area contributed by atoms with Gasteiger partial charge in [-0.1, -0.05) is 0 Å². The summed E-state index contributed by atoms with van der Waals surface area (Å²) < 4.78 is 39.8. The molecule has 0 radical (unpaired) electrons. The summed E-state index contributed by atoms with van der Waals surface area (Å²) in [5.41, 5.74) is 0. The molecule has 2 N–H and O–H groups in total. The molecule has 2 atom stereocenters. The molecule has 1 aromatic rings. The molecule has 0 spiro atoms. The Morgan fingerprint density at radius 1 is 1.35 bits per heavy atom. The van der Waals surface area contributed by atoms with Crippen LogP contribution in [0, 0.1) is 11.7 Å². The Kier molecular flexibility index (Phi) is 6.39. The SMILES string of the molecule is CC(NS(=O)(=O)c1ccc(F)cc1)C1CCCNC1.Cl. The first-order valence-electron chi connectivity index (χ1n) is 6.47. The number of nitrogens with one attached hydrogen (secondary N) is 2. The molecule has 1 heterocycles. The Labute approximate surface area is 125 Å². The second-order valence-electron chi connectivity index (χ2n) is 4.97. The summed E-state index contributed by atoms with van der Waals surface area (Å²) >= 11 is 0. The van der Waals surface area contributed by atoms with E-state index in [1.165, 1.54) is 12.1 Å². The Morgan fingerprint density at radius 2 is 2.00 bits per heavy atom. The maximum absolute atomic E-state index is 12.8. The zero-order valence-electron chi connectivity index (χ0n) is 11.3. The third kappa shape index (κ3) is 4.41. The summed E-state index contributed by atoms with van der Waals surface area (Å²) in [7, 11) is -3.57. The van der Waals surface area contributed by atoms with Crippen molar-refractivity contribution in [3.63, 3.8) is 0 Å². The highest BCUT2D eigenvalue weighted by Crippen LogP contribution is 2.17. The normalized spacial score (nSPS) is 21.0. The standard InChI is InChI=1S/C13H19FN2O2S.ClH/c1-10(11-3-2-8-15-9-11)16-19(17,18)13-6-4-12(14)5-7-13;/h4-7,10-11,15-16H,2-3,8-9H2,1H3;1H. The second kappa shape index (κ2) is 7.36. The van der Waals surface area contributed by atoms with Crippen LogP contribution in [-0.2, 0) is 10.0 Å². The number of piperidine rings is 1. The zero-order chi connectivity index (χ0) is 13.9. The number of sulfonamides is 1. The number of rotatable bonds is 4. The minimum atomic E-state index is -3.57. The predicted octanol–water partition coefficient (Wildman–Crippen LogP) is 1.91. The summed E-state index contributed by atoms with van der Waals surface area (Å²) in [6.07, 6.45) is 2.08. The van der Waals surface area contributed by atoms with Crippen molar-refractivity contribution in [2.45, 2.75) is 30.7 Å². The van der Waals surface area contributed by atoms with Gasteiger partial charge in [0.05, 0.1) is 4.90 Å². The lowest BCUT2D eigenvalue weighted by atomic mass is 9.94. The van der Waals surface area contributed by atoms with Gasteiger partial charge in [-0.2, -0.15) is 0 Å². The van der Waals surface area contributed by atoms with Gasteiger partial charge in [0, 0.05) is 6.04 Å². The number of benzene rings is 1. The van der Waals surface area contributed by atoms with Crippen LogP contribution in [0.4, 0.5) is 4.39 Å². The topological polar surface area (TPSA) is 58.2 Å². The molecule has 7 heteroatoms. The van der Waals surface area contributed by atoms with Gasteiger partial charge < -0.3 is 5.32 Å². The molecule has 1 aliphatic heterocycles. The van der Waals surface area contributed by atoms with Crippen molar-refractivity contribution in [2.24, 2.45) is 5.92 Å². The van der Waals surface area contributed by atoms with Crippen molar-refractivity contribution in [3.05, 3.63) is 30.1 Å². The van der Waals surface area contributed by atoms with Crippen molar-refractivity contribution in [1.82, 2.24) is 10.0 Å². The van der Waals surface area contributed by atoms with Crippen LogP contribution >= 0.6 is 12.4 Å². The first-order chi connectivity index (χ1) is 8.99. The fourth-order valence-electron chi connectivity index (χ4n) is 2.33. The quantitative estimate of drug-likeness (QED) is 0.890. The van der Waals surface area contributed by atoms with Gasteiger partial charge in [0.2, 0.25) is 10.0 Å². The Morgan fingerprint density at radius 3 is 2.55 bits per heavy atom. The second-order valence-corrected chi connectivity index (χ2v) is 6.68. The third-order valence-electron chi connectivity index (χ3n) is 3.51. The van der Waals surface area contributed by atoms with Crippen LogP contribution in [0.3, 0.4) is 0 Å². The van der Waals surface area contributed by atoms with E-state index in [-0.39, 0.29) is 23.3 Å². The fourth-order valence-corrected chi connectivity index (χ4v) is 3.64. The molecule has 1 saturated heterocycles.